The number of hydrogen-bond donors (Lipinski definition) is 1. The first-order chi connectivity index (χ1) is 11.4. The maximum absolute atomic E-state index is 13.0. The number of fused-ring (bicyclic) bond motifs is 1. The largest absolute Gasteiger partial charge is 0.494 e. The Kier molecular flexibility index (Phi) is 4.22. The van der Waals surface area contributed by atoms with E-state index in [2.05, 4.69) is 15.5 Å². The fourth-order valence-corrected chi connectivity index (χ4v) is 2.28. The zero-order chi connectivity index (χ0) is 17.3. The average Bonchev–Trinajstić information content (AvgIpc) is 2.94. The van der Waals surface area contributed by atoms with Crippen LogP contribution in [-0.2, 0) is 27.0 Å². The number of amides is 1. The molecule has 128 valence electrons. The van der Waals surface area contributed by atoms with Crippen LogP contribution in [0.4, 0.5) is 13.2 Å². The molecule has 0 fully saturated rings. The van der Waals surface area contributed by atoms with Crippen molar-refractivity contribution in [3.05, 3.63) is 40.7 Å². The molecule has 1 aliphatic heterocycles. The molecule has 3 heterocycles. The molecule has 7 nitrogen and oxygen atoms in total. The third-order valence-corrected chi connectivity index (χ3v) is 3.33. The zero-order valence-electron chi connectivity index (χ0n) is 11.9. The molecule has 0 aromatic carbocycles. The molecule has 0 unspecified atom stereocenters. The van der Waals surface area contributed by atoms with Crippen molar-refractivity contribution in [3.63, 3.8) is 0 Å². The minimum absolute atomic E-state index is 0.0240. The Morgan fingerprint density at radius 1 is 1.38 bits per heavy atom. The highest BCUT2D eigenvalue weighted by Gasteiger charge is 2.35. The van der Waals surface area contributed by atoms with E-state index in [9.17, 15) is 18.0 Å². The molecule has 0 saturated carbocycles. The highest BCUT2D eigenvalue weighted by atomic mass is 35.5. The predicted molar refractivity (Wildman–Crippen MR) is 74.8 cm³/mol. The summed E-state index contributed by atoms with van der Waals surface area (Å²) < 4.78 is 50.2. The Labute approximate surface area is 138 Å². The van der Waals surface area contributed by atoms with Crippen molar-refractivity contribution in [2.24, 2.45) is 0 Å². The van der Waals surface area contributed by atoms with Crippen molar-refractivity contribution in [1.82, 2.24) is 19.9 Å². The van der Waals surface area contributed by atoms with Crippen LogP contribution in [0.2, 0.25) is 5.02 Å². The van der Waals surface area contributed by atoms with Crippen LogP contribution in [-0.4, -0.2) is 33.7 Å². The topological polar surface area (TPSA) is 77.8 Å². The first kappa shape index (κ1) is 16.4. The van der Waals surface area contributed by atoms with E-state index in [4.69, 9.17) is 21.1 Å². The lowest BCUT2D eigenvalue weighted by atomic mass is 10.2. The summed E-state index contributed by atoms with van der Waals surface area (Å²) in [7, 11) is 0. The number of alkyl halides is 3. The molecule has 1 N–H and O–H groups in total. The molecule has 2 aromatic rings. The lowest BCUT2D eigenvalue weighted by Crippen LogP contribution is -2.28. The van der Waals surface area contributed by atoms with E-state index in [0.29, 0.717) is 6.61 Å². The summed E-state index contributed by atoms with van der Waals surface area (Å²) in [4.78, 5) is 11.9. The maximum Gasteiger partial charge on any atom is 0.420 e. The van der Waals surface area contributed by atoms with Gasteiger partial charge in [-0.3, -0.25) is 9.20 Å². The van der Waals surface area contributed by atoms with Gasteiger partial charge in [-0.1, -0.05) is 11.6 Å². The quantitative estimate of drug-likeness (QED) is 0.902. The van der Waals surface area contributed by atoms with E-state index in [1.165, 1.54) is 12.5 Å². The summed E-state index contributed by atoms with van der Waals surface area (Å²) in [5, 5.41) is 9.54. The molecule has 11 heteroatoms. The monoisotopic (exact) mass is 362 g/mol. The average molecular weight is 363 g/mol. The van der Waals surface area contributed by atoms with Crippen molar-refractivity contribution in [3.8, 4) is 0 Å². The van der Waals surface area contributed by atoms with Crippen LogP contribution in [0, 0.1) is 0 Å². The van der Waals surface area contributed by atoms with Crippen molar-refractivity contribution >= 4 is 23.2 Å². The number of nitrogens with one attached hydrogen (secondary N) is 1. The summed E-state index contributed by atoms with van der Waals surface area (Å²) in [6.07, 6.45) is -2.22. The molecular weight excluding hydrogens is 353 g/mol. The number of ether oxygens (including phenoxy) is 2. The standard InChI is InChI=1S/C13H10ClF3N4O3/c14-7-3-8(13(15,16)17)11-20-19-10(21(11)5-7)4-18-12(22)9-6-23-1-2-24-9/h3,5-6H,1-2,4H2,(H,18,22). The van der Waals surface area contributed by atoms with Gasteiger partial charge in [-0.25, -0.2) is 0 Å². The van der Waals surface area contributed by atoms with Gasteiger partial charge in [-0.2, -0.15) is 13.2 Å². The van der Waals surface area contributed by atoms with Crippen LogP contribution in [0.25, 0.3) is 5.65 Å². The summed E-state index contributed by atoms with van der Waals surface area (Å²) >= 11 is 5.73. The highest BCUT2D eigenvalue weighted by molar-refractivity contribution is 6.30. The van der Waals surface area contributed by atoms with E-state index >= 15 is 0 Å². The summed E-state index contributed by atoms with van der Waals surface area (Å²) in [6.45, 7) is 0.403. The molecule has 3 rings (SSSR count). The minimum atomic E-state index is -4.63. The summed E-state index contributed by atoms with van der Waals surface area (Å²) in [6, 6.07) is 0.770. The van der Waals surface area contributed by atoms with E-state index in [1.807, 2.05) is 0 Å². The van der Waals surface area contributed by atoms with Gasteiger partial charge in [0.2, 0.25) is 5.76 Å². The Morgan fingerprint density at radius 3 is 2.83 bits per heavy atom. The second-order valence-corrected chi connectivity index (χ2v) is 5.20. The van der Waals surface area contributed by atoms with Gasteiger partial charge < -0.3 is 14.8 Å². The molecule has 2 aromatic heterocycles. The number of carbonyl (C=O) groups is 1. The van der Waals surface area contributed by atoms with E-state index in [-0.39, 0.29) is 29.8 Å². The number of rotatable bonds is 3. The first-order valence-corrected chi connectivity index (χ1v) is 7.07. The fraction of sp³-hybridized carbons (Fsp3) is 0.308. The van der Waals surface area contributed by atoms with Gasteiger partial charge in [-0.15, -0.1) is 10.2 Å². The molecule has 1 aliphatic rings. The maximum atomic E-state index is 13.0. The third kappa shape index (κ3) is 3.23. The normalized spacial score (nSPS) is 14.8. The second kappa shape index (κ2) is 6.19. The van der Waals surface area contributed by atoms with E-state index < -0.39 is 23.3 Å². The molecule has 24 heavy (non-hydrogen) atoms. The van der Waals surface area contributed by atoms with Crippen molar-refractivity contribution in [2.75, 3.05) is 13.2 Å². The fourth-order valence-electron chi connectivity index (χ4n) is 2.07. The van der Waals surface area contributed by atoms with E-state index in [0.717, 1.165) is 10.5 Å². The molecule has 1 amide bonds. The Morgan fingerprint density at radius 2 is 2.17 bits per heavy atom. The van der Waals surface area contributed by atoms with Gasteiger partial charge in [0.1, 0.15) is 25.0 Å². The van der Waals surface area contributed by atoms with Gasteiger partial charge in [0.15, 0.2) is 11.5 Å². The van der Waals surface area contributed by atoms with Crippen LogP contribution in [0.5, 0.6) is 0 Å². The smallest absolute Gasteiger partial charge is 0.420 e. The molecule has 0 bridgehead atoms. The molecule has 0 radical (unpaired) electrons. The number of aromatic nitrogens is 3. The number of pyridine rings is 1. The second-order valence-electron chi connectivity index (χ2n) is 4.76. The molecular formula is C13H10ClF3N4O3. The van der Waals surface area contributed by atoms with Crippen LogP contribution < -0.4 is 5.32 Å². The number of nitrogens with zero attached hydrogens (tertiary/aromatic N) is 3. The third-order valence-electron chi connectivity index (χ3n) is 3.13. The SMILES string of the molecule is O=C(NCc1nnc2c(C(F)(F)F)cc(Cl)cn12)C1=COCCO1. The lowest BCUT2D eigenvalue weighted by Gasteiger charge is -2.14. The van der Waals surface area contributed by atoms with Gasteiger partial charge in [-0.05, 0) is 6.07 Å². The van der Waals surface area contributed by atoms with Crippen LogP contribution in [0.1, 0.15) is 11.4 Å². The summed E-state index contributed by atoms with van der Waals surface area (Å²) in [5.74, 6) is -0.516. The van der Waals surface area contributed by atoms with Crippen molar-refractivity contribution in [1.29, 1.82) is 0 Å². The van der Waals surface area contributed by atoms with Crippen LogP contribution >= 0.6 is 11.6 Å². The minimum Gasteiger partial charge on any atom is -0.494 e. The number of halogens is 4. The van der Waals surface area contributed by atoms with Crippen LogP contribution in [0.3, 0.4) is 0 Å². The summed E-state index contributed by atoms with van der Waals surface area (Å²) in [5.41, 5.74) is -1.40. The molecule has 0 saturated heterocycles. The molecule has 0 spiro atoms. The zero-order valence-corrected chi connectivity index (χ0v) is 12.7. The highest BCUT2D eigenvalue weighted by Crippen LogP contribution is 2.33. The van der Waals surface area contributed by atoms with Gasteiger partial charge in [0, 0.05) is 6.20 Å². The van der Waals surface area contributed by atoms with Gasteiger partial charge in [0.05, 0.1) is 11.6 Å². The first-order valence-electron chi connectivity index (χ1n) is 6.69. The van der Waals surface area contributed by atoms with Crippen LogP contribution in [0.15, 0.2) is 24.3 Å². The van der Waals surface area contributed by atoms with Crippen molar-refractivity contribution in [2.45, 2.75) is 12.7 Å². The Hall–Kier alpha value is -2.49. The van der Waals surface area contributed by atoms with Crippen molar-refractivity contribution < 1.29 is 27.4 Å². The Balaban J connectivity index is 1.84. The molecule has 0 atom stereocenters. The lowest BCUT2D eigenvalue weighted by molar-refractivity contribution is -0.136. The van der Waals surface area contributed by atoms with Gasteiger partial charge >= 0.3 is 6.18 Å². The van der Waals surface area contributed by atoms with Gasteiger partial charge in [0.25, 0.3) is 5.91 Å². The predicted octanol–water partition coefficient (Wildman–Crippen LogP) is 1.91. The van der Waals surface area contributed by atoms with E-state index in [1.54, 1.807) is 0 Å². The number of hydrogen-bond acceptors (Lipinski definition) is 5. The number of carbonyl (C=O) groups excluding carboxylic acids is 1. The molecule has 0 aliphatic carbocycles. The Bertz CT molecular complexity index is 819.